The summed E-state index contributed by atoms with van der Waals surface area (Å²) in [5, 5.41) is 9.47. The Morgan fingerprint density at radius 2 is 2.38 bits per heavy atom. The van der Waals surface area contributed by atoms with Gasteiger partial charge in [-0.05, 0) is 25.0 Å². The lowest BCUT2D eigenvalue weighted by Crippen LogP contribution is -2.39. The van der Waals surface area contributed by atoms with Crippen molar-refractivity contribution in [1.82, 2.24) is 0 Å². The summed E-state index contributed by atoms with van der Waals surface area (Å²) in [6.45, 7) is 1.96. The van der Waals surface area contributed by atoms with Gasteiger partial charge in [-0.25, -0.2) is 0 Å². The molecule has 1 aliphatic heterocycles. The van der Waals surface area contributed by atoms with Crippen LogP contribution < -0.4 is 4.65 Å². The van der Waals surface area contributed by atoms with Gasteiger partial charge in [0.15, 0.2) is 0 Å². The fourth-order valence-corrected chi connectivity index (χ4v) is 2.54. The van der Waals surface area contributed by atoms with E-state index in [1.54, 1.807) is 7.11 Å². The lowest BCUT2D eigenvalue weighted by molar-refractivity contribution is 0.393. The Bertz CT molecular complexity index is 400. The minimum Gasteiger partial charge on any atom is -0.535 e. The number of hydrogen-bond acceptors (Lipinski definition) is 5. The monoisotopic (exact) mass is 256 g/mol. The molecule has 0 radical (unpaired) electrons. The summed E-state index contributed by atoms with van der Waals surface area (Å²) in [7, 11) is 0.792. The van der Waals surface area contributed by atoms with Crippen molar-refractivity contribution in [2.24, 2.45) is 0 Å². The molecule has 0 amide bonds. The van der Waals surface area contributed by atoms with Gasteiger partial charge in [0.1, 0.15) is 5.75 Å². The van der Waals surface area contributed by atoms with Gasteiger partial charge in [0.2, 0.25) is 0 Å². The average Bonchev–Trinajstić information content (AvgIpc) is 2.26. The molecule has 0 saturated heterocycles. The molecule has 0 bridgehead atoms. The second kappa shape index (κ2) is 4.92. The van der Waals surface area contributed by atoms with Crippen molar-refractivity contribution in [2.75, 3.05) is 7.11 Å². The SMILES string of the molecule is COSc1ccc2c(c1C)OB(O)C(S)C2. The van der Waals surface area contributed by atoms with Crippen LogP contribution in [0, 0.1) is 6.92 Å². The maximum Gasteiger partial charge on any atom is 0.536 e. The molecular formula is C10H13BO3S2. The smallest absolute Gasteiger partial charge is 0.535 e. The standard InChI is InChI=1S/C10H13BO3S2/c1-6-8(16-13-2)4-3-7-5-9(15)11(12)14-10(6)7/h3-4,9,12,15H,5H2,1-2H3. The first-order valence-corrected chi connectivity index (χ1v) is 6.25. The number of fused-ring (bicyclic) bond motifs is 1. The molecule has 1 unspecified atom stereocenters. The van der Waals surface area contributed by atoms with Crippen molar-refractivity contribution < 1.29 is 13.9 Å². The van der Waals surface area contributed by atoms with Gasteiger partial charge in [-0.1, -0.05) is 6.07 Å². The highest BCUT2D eigenvalue weighted by atomic mass is 32.2. The van der Waals surface area contributed by atoms with Gasteiger partial charge in [-0.3, -0.25) is 0 Å². The Morgan fingerprint density at radius 3 is 3.06 bits per heavy atom. The molecule has 1 aliphatic rings. The molecule has 1 aromatic rings. The summed E-state index contributed by atoms with van der Waals surface area (Å²) < 4.78 is 10.5. The van der Waals surface area contributed by atoms with Crippen molar-refractivity contribution in [3.05, 3.63) is 23.3 Å². The Balaban J connectivity index is 2.38. The van der Waals surface area contributed by atoms with E-state index in [-0.39, 0.29) is 5.15 Å². The summed E-state index contributed by atoms with van der Waals surface area (Å²) in [5.41, 5.74) is 2.09. The molecule has 2 rings (SSSR count). The van der Waals surface area contributed by atoms with E-state index in [0.29, 0.717) is 0 Å². The molecule has 1 aromatic carbocycles. The molecule has 1 N–H and O–H groups in total. The third kappa shape index (κ3) is 2.20. The van der Waals surface area contributed by atoms with E-state index >= 15 is 0 Å². The molecule has 86 valence electrons. The summed E-state index contributed by atoms with van der Waals surface area (Å²) in [5.74, 6) is 0.764. The topological polar surface area (TPSA) is 38.7 Å². The molecule has 0 spiro atoms. The molecule has 6 heteroatoms. The van der Waals surface area contributed by atoms with Gasteiger partial charge >= 0.3 is 7.12 Å². The maximum atomic E-state index is 9.63. The molecule has 16 heavy (non-hydrogen) atoms. The quantitative estimate of drug-likeness (QED) is 0.481. The van der Waals surface area contributed by atoms with Gasteiger partial charge in [-0.2, -0.15) is 12.6 Å². The van der Waals surface area contributed by atoms with E-state index in [0.717, 1.165) is 28.2 Å². The van der Waals surface area contributed by atoms with Crippen molar-refractivity contribution in [3.8, 4) is 5.75 Å². The lowest BCUT2D eigenvalue weighted by Gasteiger charge is -2.26. The predicted octanol–water partition coefficient (Wildman–Crippen LogP) is 1.90. The number of thiol groups is 1. The largest absolute Gasteiger partial charge is 0.536 e. The molecular weight excluding hydrogens is 243 g/mol. The molecule has 1 heterocycles. The van der Waals surface area contributed by atoms with E-state index in [1.807, 2.05) is 19.1 Å². The van der Waals surface area contributed by atoms with E-state index in [9.17, 15) is 5.02 Å². The second-order valence-electron chi connectivity index (χ2n) is 3.71. The first-order chi connectivity index (χ1) is 7.63. The van der Waals surface area contributed by atoms with Crippen LogP contribution in [0.1, 0.15) is 11.1 Å². The van der Waals surface area contributed by atoms with Crippen LogP contribution in [0.25, 0.3) is 0 Å². The third-order valence-electron chi connectivity index (χ3n) is 2.61. The van der Waals surface area contributed by atoms with Gasteiger partial charge in [-0.15, -0.1) is 0 Å². The first-order valence-electron chi connectivity index (χ1n) is 4.99. The Kier molecular flexibility index (Phi) is 3.74. The van der Waals surface area contributed by atoms with Crippen LogP contribution in [0.3, 0.4) is 0 Å². The van der Waals surface area contributed by atoms with E-state index in [4.69, 9.17) is 8.84 Å². The highest BCUT2D eigenvalue weighted by molar-refractivity contribution is 7.94. The third-order valence-corrected chi connectivity index (χ3v) is 3.83. The van der Waals surface area contributed by atoms with Crippen LogP contribution >= 0.6 is 24.7 Å². The molecule has 0 aliphatic carbocycles. The summed E-state index contributed by atoms with van der Waals surface area (Å²) in [6.07, 6.45) is 0.721. The predicted molar refractivity (Wildman–Crippen MR) is 69.1 cm³/mol. The summed E-state index contributed by atoms with van der Waals surface area (Å²) >= 11 is 5.57. The van der Waals surface area contributed by atoms with Crippen LogP contribution in [0.5, 0.6) is 5.75 Å². The molecule has 0 aromatic heterocycles. The van der Waals surface area contributed by atoms with Crippen LogP contribution in [-0.4, -0.2) is 24.4 Å². The molecule has 0 saturated carbocycles. The Morgan fingerprint density at radius 1 is 1.62 bits per heavy atom. The van der Waals surface area contributed by atoms with Crippen molar-refractivity contribution in [1.29, 1.82) is 0 Å². The van der Waals surface area contributed by atoms with Crippen molar-refractivity contribution in [3.63, 3.8) is 0 Å². The normalized spacial score (nSPS) is 19.2. The van der Waals surface area contributed by atoms with Gasteiger partial charge in [0.05, 0.1) is 12.3 Å². The summed E-state index contributed by atoms with van der Waals surface area (Å²) in [4.78, 5) is 1.01. The minimum atomic E-state index is -0.836. The lowest BCUT2D eigenvalue weighted by atomic mass is 9.77. The van der Waals surface area contributed by atoms with E-state index < -0.39 is 7.12 Å². The van der Waals surface area contributed by atoms with Gasteiger partial charge in [0.25, 0.3) is 0 Å². The van der Waals surface area contributed by atoms with E-state index in [2.05, 4.69) is 12.6 Å². The molecule has 3 nitrogen and oxygen atoms in total. The average molecular weight is 256 g/mol. The molecule has 1 atom stereocenters. The highest BCUT2D eigenvalue weighted by Crippen LogP contribution is 2.36. The van der Waals surface area contributed by atoms with Crippen molar-refractivity contribution in [2.45, 2.75) is 23.4 Å². The number of rotatable bonds is 2. The van der Waals surface area contributed by atoms with Crippen LogP contribution in [0.15, 0.2) is 17.0 Å². The zero-order valence-electron chi connectivity index (χ0n) is 9.14. The van der Waals surface area contributed by atoms with Crippen molar-refractivity contribution >= 4 is 31.8 Å². The minimum absolute atomic E-state index is 0.159. The number of benzene rings is 1. The zero-order chi connectivity index (χ0) is 11.7. The van der Waals surface area contributed by atoms with Crippen LogP contribution in [0.2, 0.25) is 0 Å². The Hall–Kier alpha value is -0.295. The van der Waals surface area contributed by atoms with Crippen LogP contribution in [0.4, 0.5) is 0 Å². The summed E-state index contributed by atoms with van der Waals surface area (Å²) in [6, 6.07) is 4.00. The molecule has 0 fully saturated rings. The van der Waals surface area contributed by atoms with Gasteiger partial charge < -0.3 is 13.9 Å². The first kappa shape index (κ1) is 12.2. The second-order valence-corrected chi connectivity index (χ2v) is 5.31. The van der Waals surface area contributed by atoms with Gasteiger partial charge in [0, 0.05) is 22.5 Å². The number of hydrogen-bond donors (Lipinski definition) is 2. The fourth-order valence-electron chi connectivity index (χ4n) is 1.76. The van der Waals surface area contributed by atoms with Crippen LogP contribution in [-0.2, 0) is 10.6 Å². The maximum absolute atomic E-state index is 9.63. The van der Waals surface area contributed by atoms with E-state index in [1.165, 1.54) is 12.0 Å². The Labute approximate surface area is 105 Å². The fraction of sp³-hybridized carbons (Fsp3) is 0.400. The zero-order valence-corrected chi connectivity index (χ0v) is 10.8. The highest BCUT2D eigenvalue weighted by Gasteiger charge is 2.33.